The molecular weight excluding hydrogens is 296 g/mol. The molecule has 140 valence electrons. The number of methoxy groups -OCH3 is 2. The van der Waals surface area contributed by atoms with Gasteiger partial charge in [0.25, 0.3) is 0 Å². The van der Waals surface area contributed by atoms with Crippen LogP contribution in [0.3, 0.4) is 0 Å². The fourth-order valence-corrected chi connectivity index (χ4v) is 1.11. The van der Waals surface area contributed by atoms with Gasteiger partial charge in [-0.3, -0.25) is 0 Å². The Morgan fingerprint density at radius 2 is 0.792 bits per heavy atom. The molecule has 0 aromatic heterocycles. The molecule has 0 bridgehead atoms. The molecule has 0 N–H and O–H groups in total. The van der Waals surface area contributed by atoms with Crippen LogP contribution in [0.25, 0.3) is 0 Å². The average molecular weight is 337 g/mol. The van der Waals surface area contributed by atoms with Gasteiger partial charge >= 0.3 is 0 Å². The Labute approximate surface area is 151 Å². The van der Waals surface area contributed by atoms with Crippen LogP contribution >= 0.6 is 0 Å². The second-order valence-corrected chi connectivity index (χ2v) is 3.74. The molecule has 24 heavy (non-hydrogen) atoms. The zero-order chi connectivity index (χ0) is 18.3. The van der Waals surface area contributed by atoms with E-state index < -0.39 is 0 Å². The van der Waals surface area contributed by atoms with Gasteiger partial charge in [0.2, 0.25) is 0 Å². The summed E-state index contributed by atoms with van der Waals surface area (Å²) in [7, 11) is 3.32. The molecule has 0 unspecified atom stereocenters. The Morgan fingerprint density at radius 3 is 0.917 bits per heavy atom. The van der Waals surface area contributed by atoms with Gasteiger partial charge in [0.15, 0.2) is 0 Å². The Morgan fingerprint density at radius 1 is 0.583 bits per heavy atom. The maximum absolute atomic E-state index is 4.91. The van der Waals surface area contributed by atoms with Crippen LogP contribution in [0.5, 0.6) is 11.5 Å². The number of para-hydroxylation sites is 2. The first-order valence-corrected chi connectivity index (χ1v) is 8.46. The van der Waals surface area contributed by atoms with E-state index in [0.29, 0.717) is 0 Å². The van der Waals surface area contributed by atoms with Gasteiger partial charge < -0.3 is 9.47 Å². The first kappa shape index (κ1) is 30.0. The van der Waals surface area contributed by atoms with Crippen molar-refractivity contribution in [3.05, 3.63) is 60.7 Å². The van der Waals surface area contributed by atoms with E-state index in [1.807, 2.05) is 88.4 Å². The van der Waals surface area contributed by atoms with Crippen molar-refractivity contribution in [2.75, 3.05) is 14.2 Å². The highest BCUT2D eigenvalue weighted by Crippen LogP contribution is 2.06. The third kappa shape index (κ3) is 22.3. The van der Waals surface area contributed by atoms with Crippen molar-refractivity contribution in [3.8, 4) is 11.5 Å². The smallest absolute Gasteiger partial charge is 0.118 e. The van der Waals surface area contributed by atoms with E-state index in [1.165, 1.54) is 6.42 Å². The second-order valence-electron chi connectivity index (χ2n) is 3.74. The lowest BCUT2D eigenvalue weighted by Gasteiger charge is -1.93. The normalized spacial score (nSPS) is 7.00. The predicted octanol–water partition coefficient (Wildman–Crippen LogP) is 7.50. The highest BCUT2D eigenvalue weighted by Gasteiger charge is 1.80. The topological polar surface area (TPSA) is 18.5 Å². The van der Waals surface area contributed by atoms with Crippen molar-refractivity contribution in [1.82, 2.24) is 0 Å². The first-order valence-electron chi connectivity index (χ1n) is 8.46. The predicted molar refractivity (Wildman–Crippen MR) is 111 cm³/mol. The summed E-state index contributed by atoms with van der Waals surface area (Å²) in [4.78, 5) is 0. The van der Waals surface area contributed by atoms with Gasteiger partial charge in [0, 0.05) is 0 Å². The molecular formula is C22H40O2. The van der Waals surface area contributed by atoms with E-state index in [0.717, 1.165) is 11.5 Å². The molecule has 0 amide bonds. The summed E-state index contributed by atoms with van der Waals surface area (Å²) in [6.07, 6.45) is 1.25. The van der Waals surface area contributed by atoms with Crippen LogP contribution in [-0.4, -0.2) is 14.2 Å². The zero-order valence-corrected chi connectivity index (χ0v) is 16.3. The van der Waals surface area contributed by atoms with Crippen molar-refractivity contribution in [2.45, 2.75) is 55.4 Å². The summed E-state index contributed by atoms with van der Waals surface area (Å²) in [5, 5.41) is 0. The van der Waals surface area contributed by atoms with Gasteiger partial charge in [-0.2, -0.15) is 0 Å². The van der Waals surface area contributed by atoms with E-state index in [4.69, 9.17) is 9.47 Å². The molecule has 0 aliphatic carbocycles. The molecule has 2 nitrogen and oxygen atoms in total. The average Bonchev–Trinajstić information content (AvgIpc) is 2.67. The van der Waals surface area contributed by atoms with E-state index in [1.54, 1.807) is 14.2 Å². The van der Waals surface area contributed by atoms with Crippen LogP contribution in [0.15, 0.2) is 60.7 Å². The minimum Gasteiger partial charge on any atom is -0.497 e. The van der Waals surface area contributed by atoms with E-state index in [2.05, 4.69) is 13.8 Å². The largest absolute Gasteiger partial charge is 0.497 e. The fourth-order valence-electron chi connectivity index (χ4n) is 1.11. The lowest BCUT2D eigenvalue weighted by Crippen LogP contribution is -1.78. The fraction of sp³-hybridized carbons (Fsp3) is 0.455. The van der Waals surface area contributed by atoms with Crippen LogP contribution in [0.2, 0.25) is 0 Å². The van der Waals surface area contributed by atoms with Gasteiger partial charge in [0.05, 0.1) is 14.2 Å². The monoisotopic (exact) mass is 336 g/mol. The number of ether oxygens (including phenoxy) is 2. The Bertz CT molecular complexity index is 346. The standard InChI is InChI=1S/2C7H8O.C3H8.2C2H6.CH4/c2*1-8-7-5-3-2-4-6-7;1-3-2;2*1-2;/h2*2-6H,1H3;3H2,1-2H3;2*1-2H3;1H4. The minimum atomic E-state index is 0. The molecule has 2 heteroatoms. The van der Waals surface area contributed by atoms with Crippen molar-refractivity contribution in [3.63, 3.8) is 0 Å². The van der Waals surface area contributed by atoms with Gasteiger partial charge in [-0.25, -0.2) is 0 Å². The van der Waals surface area contributed by atoms with Gasteiger partial charge in [0.1, 0.15) is 11.5 Å². The summed E-state index contributed by atoms with van der Waals surface area (Å²) in [6, 6.07) is 19.4. The minimum absolute atomic E-state index is 0. The molecule has 0 heterocycles. The summed E-state index contributed by atoms with van der Waals surface area (Å²) >= 11 is 0. The van der Waals surface area contributed by atoms with E-state index in [-0.39, 0.29) is 7.43 Å². The van der Waals surface area contributed by atoms with Crippen LogP contribution in [0.1, 0.15) is 55.4 Å². The van der Waals surface area contributed by atoms with Crippen molar-refractivity contribution >= 4 is 0 Å². The van der Waals surface area contributed by atoms with Gasteiger partial charge in [-0.05, 0) is 24.3 Å². The van der Waals surface area contributed by atoms with Gasteiger partial charge in [-0.1, -0.05) is 91.8 Å². The Hall–Kier alpha value is -1.96. The molecule has 2 rings (SSSR count). The molecule has 0 saturated carbocycles. The van der Waals surface area contributed by atoms with Crippen molar-refractivity contribution in [1.29, 1.82) is 0 Å². The number of benzene rings is 2. The highest BCUT2D eigenvalue weighted by atomic mass is 16.5. The highest BCUT2D eigenvalue weighted by molar-refractivity contribution is 5.21. The summed E-state index contributed by atoms with van der Waals surface area (Å²) in [5.74, 6) is 1.82. The molecule has 0 fully saturated rings. The lowest BCUT2D eigenvalue weighted by atomic mass is 10.3. The van der Waals surface area contributed by atoms with E-state index >= 15 is 0 Å². The number of hydrogen-bond donors (Lipinski definition) is 0. The van der Waals surface area contributed by atoms with E-state index in [9.17, 15) is 0 Å². The Kier molecular flexibility index (Phi) is 36.4. The SMILES string of the molecule is C.CC.CC.CCC.COc1ccccc1.COc1ccccc1. The molecule has 2 aromatic rings. The first-order chi connectivity index (χ1) is 11.3. The summed E-state index contributed by atoms with van der Waals surface area (Å²) < 4.78 is 9.83. The Balaban J connectivity index is -0.000000119. The summed E-state index contributed by atoms with van der Waals surface area (Å²) in [6.45, 7) is 12.2. The van der Waals surface area contributed by atoms with Crippen LogP contribution < -0.4 is 9.47 Å². The van der Waals surface area contributed by atoms with Crippen molar-refractivity contribution < 1.29 is 9.47 Å². The molecule has 0 atom stereocenters. The molecule has 0 aliphatic rings. The number of hydrogen-bond acceptors (Lipinski definition) is 2. The second kappa shape index (κ2) is 29.1. The lowest BCUT2D eigenvalue weighted by molar-refractivity contribution is 0.414. The van der Waals surface area contributed by atoms with Crippen molar-refractivity contribution in [2.24, 2.45) is 0 Å². The molecule has 0 saturated heterocycles. The van der Waals surface area contributed by atoms with Crippen LogP contribution in [-0.2, 0) is 0 Å². The zero-order valence-electron chi connectivity index (χ0n) is 16.3. The molecule has 0 aliphatic heterocycles. The molecule has 0 spiro atoms. The van der Waals surface area contributed by atoms with Gasteiger partial charge in [-0.15, -0.1) is 0 Å². The molecule has 2 aromatic carbocycles. The summed E-state index contributed by atoms with van der Waals surface area (Å²) in [5.41, 5.74) is 0. The van der Waals surface area contributed by atoms with Crippen LogP contribution in [0, 0.1) is 0 Å². The number of rotatable bonds is 2. The maximum atomic E-state index is 4.91. The van der Waals surface area contributed by atoms with Crippen LogP contribution in [0.4, 0.5) is 0 Å². The third-order valence-corrected chi connectivity index (χ3v) is 1.96. The molecule has 0 radical (unpaired) electrons. The third-order valence-electron chi connectivity index (χ3n) is 1.96. The maximum Gasteiger partial charge on any atom is 0.118 e. The quantitative estimate of drug-likeness (QED) is 0.565.